The topological polar surface area (TPSA) is 86.9 Å². The van der Waals surface area contributed by atoms with Crippen molar-refractivity contribution in [3.05, 3.63) is 71.4 Å². The molecule has 30 heavy (non-hydrogen) atoms. The maximum Gasteiger partial charge on any atom is 0.270 e. The molecule has 5 rings (SSSR count). The zero-order valence-electron chi connectivity index (χ0n) is 15.9. The lowest BCUT2D eigenvalue weighted by atomic mass is 10.2. The van der Waals surface area contributed by atoms with Gasteiger partial charge in [-0.3, -0.25) is 9.89 Å². The molecule has 154 valence electrons. The molecule has 4 aromatic rings. The van der Waals surface area contributed by atoms with Gasteiger partial charge in [-0.2, -0.15) is 5.10 Å². The first kappa shape index (κ1) is 20.1. The van der Waals surface area contributed by atoms with Gasteiger partial charge in [0.25, 0.3) is 5.91 Å². The van der Waals surface area contributed by atoms with Crippen LogP contribution in [-0.2, 0) is 4.74 Å². The SMILES string of the molecule is Fc1ccccc1Cl.O=C(c1cc2ccc(-c3cn[nH]c3)nc2[nH]1)N1CCOCC1. The van der Waals surface area contributed by atoms with Gasteiger partial charge in [-0.1, -0.05) is 23.7 Å². The Hall–Kier alpha value is -3.23. The van der Waals surface area contributed by atoms with Crippen LogP contribution in [0.5, 0.6) is 0 Å². The smallest absolute Gasteiger partial charge is 0.270 e. The first-order chi connectivity index (χ1) is 14.6. The van der Waals surface area contributed by atoms with Crippen molar-refractivity contribution in [1.29, 1.82) is 0 Å². The highest BCUT2D eigenvalue weighted by Gasteiger charge is 2.20. The maximum atomic E-state index is 12.5. The van der Waals surface area contributed by atoms with E-state index >= 15 is 0 Å². The number of aromatic nitrogens is 4. The Morgan fingerprint density at radius 1 is 1.17 bits per heavy atom. The minimum absolute atomic E-state index is 0.00818. The lowest BCUT2D eigenvalue weighted by molar-refractivity contribution is 0.0299. The molecule has 3 aromatic heterocycles. The first-order valence-corrected chi connectivity index (χ1v) is 9.75. The minimum atomic E-state index is -0.367. The van der Waals surface area contributed by atoms with E-state index in [0.717, 1.165) is 16.6 Å². The second kappa shape index (κ2) is 9.06. The fraction of sp³-hybridized carbons (Fsp3) is 0.190. The number of H-pyrrole nitrogens is 2. The Labute approximate surface area is 176 Å². The van der Waals surface area contributed by atoms with Crippen LogP contribution >= 0.6 is 11.6 Å². The van der Waals surface area contributed by atoms with Gasteiger partial charge in [0.1, 0.15) is 17.2 Å². The molecule has 0 aliphatic carbocycles. The van der Waals surface area contributed by atoms with E-state index in [1.165, 1.54) is 12.1 Å². The number of morpholine rings is 1. The Balaban J connectivity index is 0.000000230. The van der Waals surface area contributed by atoms with Crippen LogP contribution in [0.3, 0.4) is 0 Å². The summed E-state index contributed by atoms with van der Waals surface area (Å²) in [7, 11) is 0. The Morgan fingerprint density at radius 2 is 1.97 bits per heavy atom. The molecule has 1 aromatic carbocycles. The van der Waals surface area contributed by atoms with Crippen molar-refractivity contribution in [1.82, 2.24) is 25.1 Å². The van der Waals surface area contributed by atoms with E-state index in [1.54, 1.807) is 29.4 Å². The highest BCUT2D eigenvalue weighted by atomic mass is 35.5. The molecule has 7 nitrogen and oxygen atoms in total. The molecule has 0 bridgehead atoms. The Morgan fingerprint density at radius 3 is 2.63 bits per heavy atom. The van der Waals surface area contributed by atoms with E-state index in [9.17, 15) is 9.18 Å². The molecule has 0 saturated carbocycles. The molecule has 4 heterocycles. The molecule has 2 N–H and O–H groups in total. The molecule has 0 radical (unpaired) electrons. The number of carbonyl (C=O) groups is 1. The molecule has 1 aliphatic rings. The number of hydrogen-bond acceptors (Lipinski definition) is 4. The first-order valence-electron chi connectivity index (χ1n) is 9.38. The van der Waals surface area contributed by atoms with Crippen molar-refractivity contribution in [2.45, 2.75) is 0 Å². The van der Waals surface area contributed by atoms with Crippen molar-refractivity contribution in [3.63, 3.8) is 0 Å². The lowest BCUT2D eigenvalue weighted by Gasteiger charge is -2.26. The Kier molecular flexibility index (Phi) is 6.06. The number of ether oxygens (including phenoxy) is 1. The van der Waals surface area contributed by atoms with Crippen molar-refractivity contribution in [2.75, 3.05) is 26.3 Å². The van der Waals surface area contributed by atoms with Crippen LogP contribution < -0.4 is 0 Å². The molecule has 0 unspecified atom stereocenters. The highest BCUT2D eigenvalue weighted by molar-refractivity contribution is 6.30. The van der Waals surface area contributed by atoms with Crippen molar-refractivity contribution in [3.8, 4) is 11.3 Å². The average molecular weight is 428 g/mol. The van der Waals surface area contributed by atoms with Gasteiger partial charge in [-0.15, -0.1) is 0 Å². The van der Waals surface area contributed by atoms with Gasteiger partial charge < -0.3 is 14.6 Å². The van der Waals surface area contributed by atoms with Gasteiger partial charge in [-0.25, -0.2) is 9.37 Å². The van der Waals surface area contributed by atoms with E-state index < -0.39 is 0 Å². The van der Waals surface area contributed by atoms with Crippen LogP contribution in [0.25, 0.3) is 22.3 Å². The quantitative estimate of drug-likeness (QED) is 0.508. The number of halogens is 2. The summed E-state index contributed by atoms with van der Waals surface area (Å²) in [5.41, 5.74) is 3.00. The number of fused-ring (bicyclic) bond motifs is 1. The summed E-state index contributed by atoms with van der Waals surface area (Å²) in [6.07, 6.45) is 3.51. The van der Waals surface area contributed by atoms with Crippen molar-refractivity contribution < 1.29 is 13.9 Å². The normalized spacial score (nSPS) is 13.7. The van der Waals surface area contributed by atoms with Gasteiger partial charge >= 0.3 is 0 Å². The summed E-state index contributed by atoms with van der Waals surface area (Å²) in [6, 6.07) is 11.8. The van der Waals surface area contributed by atoms with Gasteiger partial charge in [-0.05, 0) is 30.3 Å². The van der Waals surface area contributed by atoms with Crippen LogP contribution in [0.1, 0.15) is 10.5 Å². The molecular weight excluding hydrogens is 409 g/mol. The highest BCUT2D eigenvalue weighted by Crippen LogP contribution is 2.21. The van der Waals surface area contributed by atoms with Gasteiger partial charge in [0.05, 0.1) is 30.1 Å². The third kappa shape index (κ3) is 4.50. The van der Waals surface area contributed by atoms with Crippen LogP contribution in [0.4, 0.5) is 4.39 Å². The number of amides is 1. The Bertz CT molecular complexity index is 1120. The summed E-state index contributed by atoms with van der Waals surface area (Å²) in [4.78, 5) is 22.0. The number of hydrogen-bond donors (Lipinski definition) is 2. The number of pyridine rings is 1. The predicted octanol–water partition coefficient (Wildman–Crippen LogP) is 3.90. The van der Waals surface area contributed by atoms with E-state index in [2.05, 4.69) is 20.2 Å². The fourth-order valence-corrected chi connectivity index (χ4v) is 3.18. The number of aromatic amines is 2. The number of carbonyl (C=O) groups excluding carboxylic acids is 1. The molecule has 9 heteroatoms. The molecule has 1 saturated heterocycles. The molecular formula is C21H19ClFN5O2. The van der Waals surface area contributed by atoms with Crippen LogP contribution in [-0.4, -0.2) is 57.3 Å². The molecule has 1 aliphatic heterocycles. The summed E-state index contributed by atoms with van der Waals surface area (Å²) in [5.74, 6) is -0.375. The second-order valence-electron chi connectivity index (χ2n) is 6.62. The second-order valence-corrected chi connectivity index (χ2v) is 7.03. The van der Waals surface area contributed by atoms with Crippen molar-refractivity contribution in [2.24, 2.45) is 0 Å². The number of nitrogens with one attached hydrogen (secondary N) is 2. The van der Waals surface area contributed by atoms with E-state index in [0.29, 0.717) is 37.6 Å². The predicted molar refractivity (Wildman–Crippen MR) is 112 cm³/mol. The van der Waals surface area contributed by atoms with Gasteiger partial charge in [0.15, 0.2) is 0 Å². The van der Waals surface area contributed by atoms with Crippen LogP contribution in [0.2, 0.25) is 5.02 Å². The fourth-order valence-electron chi connectivity index (χ4n) is 3.05. The molecule has 0 spiro atoms. The lowest BCUT2D eigenvalue weighted by Crippen LogP contribution is -2.40. The van der Waals surface area contributed by atoms with E-state index in [4.69, 9.17) is 16.3 Å². The third-order valence-corrected chi connectivity index (χ3v) is 4.93. The van der Waals surface area contributed by atoms with Crippen LogP contribution in [0, 0.1) is 5.82 Å². The summed E-state index contributed by atoms with van der Waals surface area (Å²) >= 11 is 5.33. The largest absolute Gasteiger partial charge is 0.378 e. The van der Waals surface area contributed by atoms with E-state index in [1.807, 2.05) is 18.2 Å². The summed E-state index contributed by atoms with van der Waals surface area (Å²) < 4.78 is 17.5. The van der Waals surface area contributed by atoms with Crippen molar-refractivity contribution >= 4 is 28.5 Å². The monoisotopic (exact) mass is 427 g/mol. The molecule has 1 amide bonds. The zero-order chi connectivity index (χ0) is 20.9. The van der Waals surface area contributed by atoms with Crippen LogP contribution in [0.15, 0.2) is 54.9 Å². The van der Waals surface area contributed by atoms with E-state index in [-0.39, 0.29) is 16.7 Å². The number of benzene rings is 1. The minimum Gasteiger partial charge on any atom is -0.378 e. The third-order valence-electron chi connectivity index (χ3n) is 4.63. The number of rotatable bonds is 2. The summed E-state index contributed by atoms with van der Waals surface area (Å²) in [5, 5.41) is 7.79. The average Bonchev–Trinajstić information content (AvgIpc) is 3.46. The molecule has 0 atom stereocenters. The van der Waals surface area contributed by atoms with Gasteiger partial charge in [0, 0.05) is 30.2 Å². The number of nitrogens with zero attached hydrogens (tertiary/aromatic N) is 3. The standard InChI is InChI=1S/C15H15N5O2.C6H4ClF/c21-15(20-3-5-22-6-4-20)13-7-10-1-2-12(18-14(10)19-13)11-8-16-17-9-11;7-5-3-1-2-4-6(5)8/h1-2,7-9H,3-6H2,(H,16,17)(H,18,19);1-4H. The molecule has 1 fully saturated rings. The van der Waals surface area contributed by atoms with Gasteiger partial charge in [0.2, 0.25) is 0 Å². The zero-order valence-corrected chi connectivity index (χ0v) is 16.7. The summed E-state index contributed by atoms with van der Waals surface area (Å²) in [6.45, 7) is 2.44. The maximum absolute atomic E-state index is 12.5.